The lowest BCUT2D eigenvalue weighted by Crippen LogP contribution is -2.29. The van der Waals surface area contributed by atoms with Crippen molar-refractivity contribution < 1.29 is 4.79 Å². The molecule has 4 nitrogen and oxygen atoms in total. The third kappa shape index (κ3) is 3.47. The Balaban J connectivity index is 2.00. The van der Waals surface area contributed by atoms with Gasteiger partial charge in [0.15, 0.2) is 0 Å². The van der Waals surface area contributed by atoms with Gasteiger partial charge in [0.2, 0.25) is 5.91 Å². The molecule has 0 aliphatic rings. The summed E-state index contributed by atoms with van der Waals surface area (Å²) >= 11 is 0. The van der Waals surface area contributed by atoms with E-state index in [1.807, 2.05) is 27.7 Å². The summed E-state index contributed by atoms with van der Waals surface area (Å²) < 4.78 is 0. The molecule has 1 aromatic heterocycles. The topological polar surface area (TPSA) is 57.8 Å². The van der Waals surface area contributed by atoms with Crippen LogP contribution in [0.15, 0.2) is 24.4 Å². The van der Waals surface area contributed by atoms with Crippen LogP contribution >= 0.6 is 0 Å². The summed E-state index contributed by atoms with van der Waals surface area (Å²) in [6.07, 6.45) is 2.17. The van der Waals surface area contributed by atoms with E-state index in [1.54, 1.807) is 6.20 Å². The van der Waals surface area contributed by atoms with Crippen LogP contribution in [-0.4, -0.2) is 15.9 Å². The highest BCUT2D eigenvalue weighted by molar-refractivity contribution is 5.79. The van der Waals surface area contributed by atoms with Gasteiger partial charge in [-0.1, -0.05) is 23.8 Å². The first-order chi connectivity index (χ1) is 9.45. The number of nitrogens with zero attached hydrogens (tertiary/aromatic N) is 1. The van der Waals surface area contributed by atoms with E-state index in [0.717, 1.165) is 22.6 Å². The molecule has 4 heteroatoms. The van der Waals surface area contributed by atoms with Crippen LogP contribution in [0, 0.1) is 20.8 Å². The monoisotopic (exact) mass is 271 g/mol. The SMILES string of the molecule is Cc1ccc(C)c(CC(=O)N[C@@H](C)c2ncc(C)[nH]2)c1. The molecular weight excluding hydrogens is 250 g/mol. The standard InChI is InChI=1S/C16H21N3O/c1-10-5-6-11(2)14(7-10)8-15(20)19-13(4)16-17-9-12(3)18-16/h5-7,9,13H,8H2,1-4H3,(H,17,18)(H,19,20)/t13-/m0/s1. The third-order valence-electron chi connectivity index (χ3n) is 3.37. The molecule has 2 rings (SSSR count). The third-order valence-corrected chi connectivity index (χ3v) is 3.37. The van der Waals surface area contributed by atoms with Crippen molar-refractivity contribution in [3.05, 3.63) is 52.6 Å². The van der Waals surface area contributed by atoms with Gasteiger partial charge in [-0.05, 0) is 38.8 Å². The Hall–Kier alpha value is -2.10. The Morgan fingerprint density at radius 1 is 1.35 bits per heavy atom. The Kier molecular flexibility index (Phi) is 4.23. The van der Waals surface area contributed by atoms with Gasteiger partial charge in [0.1, 0.15) is 5.82 Å². The number of amides is 1. The number of carbonyl (C=O) groups is 1. The molecule has 1 heterocycles. The smallest absolute Gasteiger partial charge is 0.225 e. The maximum Gasteiger partial charge on any atom is 0.225 e. The highest BCUT2D eigenvalue weighted by Crippen LogP contribution is 2.13. The molecule has 1 aromatic carbocycles. The van der Waals surface area contributed by atoms with Crippen LogP contribution in [0.4, 0.5) is 0 Å². The summed E-state index contributed by atoms with van der Waals surface area (Å²) in [5.74, 6) is 0.803. The zero-order valence-corrected chi connectivity index (χ0v) is 12.4. The van der Waals surface area contributed by atoms with Crippen molar-refractivity contribution in [1.29, 1.82) is 0 Å². The van der Waals surface area contributed by atoms with Gasteiger partial charge < -0.3 is 10.3 Å². The Morgan fingerprint density at radius 3 is 2.75 bits per heavy atom. The largest absolute Gasteiger partial charge is 0.346 e. The number of aromatic amines is 1. The van der Waals surface area contributed by atoms with Crippen molar-refractivity contribution in [1.82, 2.24) is 15.3 Å². The lowest BCUT2D eigenvalue weighted by Gasteiger charge is -2.13. The van der Waals surface area contributed by atoms with E-state index < -0.39 is 0 Å². The maximum absolute atomic E-state index is 12.1. The molecule has 20 heavy (non-hydrogen) atoms. The number of hydrogen-bond donors (Lipinski definition) is 2. The summed E-state index contributed by atoms with van der Waals surface area (Å²) in [4.78, 5) is 19.5. The minimum Gasteiger partial charge on any atom is -0.346 e. The molecule has 1 amide bonds. The highest BCUT2D eigenvalue weighted by Gasteiger charge is 2.13. The number of carbonyl (C=O) groups excluding carboxylic acids is 1. The maximum atomic E-state index is 12.1. The van der Waals surface area contributed by atoms with E-state index in [0.29, 0.717) is 6.42 Å². The Bertz CT molecular complexity index is 616. The van der Waals surface area contributed by atoms with Crippen molar-refractivity contribution in [2.45, 2.75) is 40.2 Å². The normalized spacial score (nSPS) is 12.2. The van der Waals surface area contributed by atoms with Crippen molar-refractivity contribution in [3.8, 4) is 0 Å². The molecule has 0 saturated heterocycles. The molecule has 0 saturated carbocycles. The lowest BCUT2D eigenvalue weighted by molar-refractivity contribution is -0.121. The van der Waals surface area contributed by atoms with E-state index in [9.17, 15) is 4.79 Å². The fourth-order valence-corrected chi connectivity index (χ4v) is 2.18. The van der Waals surface area contributed by atoms with Gasteiger partial charge in [-0.25, -0.2) is 4.98 Å². The van der Waals surface area contributed by atoms with Crippen molar-refractivity contribution in [2.75, 3.05) is 0 Å². The van der Waals surface area contributed by atoms with Crippen LogP contribution in [0.5, 0.6) is 0 Å². The van der Waals surface area contributed by atoms with Crippen LogP contribution in [-0.2, 0) is 11.2 Å². The minimum atomic E-state index is -0.110. The van der Waals surface area contributed by atoms with E-state index in [2.05, 4.69) is 33.5 Å². The molecular formula is C16H21N3O. The second kappa shape index (κ2) is 5.90. The number of H-pyrrole nitrogens is 1. The van der Waals surface area contributed by atoms with E-state index in [-0.39, 0.29) is 11.9 Å². The second-order valence-electron chi connectivity index (χ2n) is 5.35. The predicted molar refractivity (Wildman–Crippen MR) is 79.5 cm³/mol. The van der Waals surface area contributed by atoms with Crippen molar-refractivity contribution >= 4 is 5.91 Å². The first-order valence-corrected chi connectivity index (χ1v) is 6.82. The van der Waals surface area contributed by atoms with Gasteiger partial charge >= 0.3 is 0 Å². The van der Waals surface area contributed by atoms with Gasteiger partial charge in [-0.3, -0.25) is 4.79 Å². The second-order valence-corrected chi connectivity index (χ2v) is 5.35. The van der Waals surface area contributed by atoms with E-state index >= 15 is 0 Å². The number of imidazole rings is 1. The molecule has 0 aliphatic carbocycles. The molecule has 2 N–H and O–H groups in total. The van der Waals surface area contributed by atoms with Gasteiger partial charge in [-0.15, -0.1) is 0 Å². The van der Waals surface area contributed by atoms with Crippen LogP contribution in [0.25, 0.3) is 0 Å². The Labute approximate surface area is 119 Å². The van der Waals surface area contributed by atoms with Gasteiger partial charge in [0, 0.05) is 11.9 Å². The summed E-state index contributed by atoms with van der Waals surface area (Å²) in [6, 6.07) is 6.07. The summed E-state index contributed by atoms with van der Waals surface area (Å²) in [7, 11) is 0. The molecule has 0 fully saturated rings. The predicted octanol–water partition coefficient (Wildman–Crippen LogP) is 2.75. The number of nitrogens with one attached hydrogen (secondary N) is 2. The number of hydrogen-bond acceptors (Lipinski definition) is 2. The average Bonchev–Trinajstić information content (AvgIpc) is 2.80. The molecule has 0 radical (unpaired) electrons. The highest BCUT2D eigenvalue weighted by atomic mass is 16.1. The van der Waals surface area contributed by atoms with Crippen molar-refractivity contribution in [2.24, 2.45) is 0 Å². The zero-order chi connectivity index (χ0) is 14.7. The van der Waals surface area contributed by atoms with Gasteiger partial charge in [0.05, 0.1) is 12.5 Å². The number of benzene rings is 1. The van der Waals surface area contributed by atoms with Gasteiger partial charge in [0.25, 0.3) is 0 Å². The molecule has 0 aliphatic heterocycles. The summed E-state index contributed by atoms with van der Waals surface area (Å²) in [6.45, 7) is 7.94. The lowest BCUT2D eigenvalue weighted by atomic mass is 10.0. The summed E-state index contributed by atoms with van der Waals surface area (Å²) in [5.41, 5.74) is 4.39. The Morgan fingerprint density at radius 2 is 2.10 bits per heavy atom. The molecule has 106 valence electrons. The summed E-state index contributed by atoms with van der Waals surface area (Å²) in [5, 5.41) is 2.97. The van der Waals surface area contributed by atoms with Crippen LogP contribution in [0.2, 0.25) is 0 Å². The molecule has 2 aromatic rings. The molecule has 1 atom stereocenters. The van der Waals surface area contributed by atoms with Crippen molar-refractivity contribution in [3.63, 3.8) is 0 Å². The average molecular weight is 271 g/mol. The van der Waals surface area contributed by atoms with Crippen LogP contribution < -0.4 is 5.32 Å². The fourth-order valence-electron chi connectivity index (χ4n) is 2.18. The van der Waals surface area contributed by atoms with E-state index in [1.165, 1.54) is 5.56 Å². The number of rotatable bonds is 4. The van der Waals surface area contributed by atoms with Crippen LogP contribution in [0.3, 0.4) is 0 Å². The number of aryl methyl sites for hydroxylation is 3. The van der Waals surface area contributed by atoms with Crippen LogP contribution in [0.1, 0.15) is 41.2 Å². The fraction of sp³-hybridized carbons (Fsp3) is 0.375. The first-order valence-electron chi connectivity index (χ1n) is 6.82. The molecule has 0 bridgehead atoms. The number of aromatic nitrogens is 2. The zero-order valence-electron chi connectivity index (χ0n) is 12.4. The van der Waals surface area contributed by atoms with E-state index in [4.69, 9.17) is 0 Å². The van der Waals surface area contributed by atoms with Gasteiger partial charge in [-0.2, -0.15) is 0 Å². The molecule has 0 spiro atoms. The minimum absolute atomic E-state index is 0.0141. The molecule has 0 unspecified atom stereocenters. The quantitative estimate of drug-likeness (QED) is 0.898. The first kappa shape index (κ1) is 14.3.